The van der Waals surface area contributed by atoms with Gasteiger partial charge in [-0.25, -0.2) is 4.79 Å². The molecule has 1 unspecified atom stereocenters. The van der Waals surface area contributed by atoms with Gasteiger partial charge in [-0.2, -0.15) is 0 Å². The van der Waals surface area contributed by atoms with Gasteiger partial charge in [0.05, 0.1) is 5.37 Å². The van der Waals surface area contributed by atoms with E-state index in [1.165, 1.54) is 23.6 Å². The smallest absolute Gasteiger partial charge is 0.327 e. The van der Waals surface area contributed by atoms with Crippen molar-refractivity contribution in [1.82, 2.24) is 4.90 Å². The van der Waals surface area contributed by atoms with Crippen molar-refractivity contribution in [2.24, 2.45) is 5.92 Å². The molecule has 0 saturated carbocycles. The van der Waals surface area contributed by atoms with Gasteiger partial charge >= 0.3 is 5.97 Å². The van der Waals surface area contributed by atoms with Crippen molar-refractivity contribution in [2.45, 2.75) is 43.0 Å². The fourth-order valence-corrected chi connectivity index (χ4v) is 5.09. The summed E-state index contributed by atoms with van der Waals surface area (Å²) in [7, 11) is 0. The van der Waals surface area contributed by atoms with Crippen LogP contribution in [0.4, 0.5) is 0 Å². The number of rotatable bonds is 5. The lowest BCUT2D eigenvalue weighted by Crippen LogP contribution is -2.67. The lowest BCUT2D eigenvalue weighted by atomic mass is 9.86. The Hall–Kier alpha value is -2.02. The van der Waals surface area contributed by atoms with Crippen molar-refractivity contribution in [3.63, 3.8) is 0 Å². The van der Waals surface area contributed by atoms with Crippen LogP contribution in [0.1, 0.15) is 20.8 Å². The first-order chi connectivity index (χ1) is 11.2. The molecular formula is C17H19NO5S. The van der Waals surface area contributed by atoms with Crippen molar-refractivity contribution < 1.29 is 24.2 Å². The maximum Gasteiger partial charge on any atom is 0.327 e. The van der Waals surface area contributed by atoms with Gasteiger partial charge in [0.2, 0.25) is 5.91 Å². The van der Waals surface area contributed by atoms with Crippen LogP contribution in [0.15, 0.2) is 30.3 Å². The van der Waals surface area contributed by atoms with Crippen LogP contribution in [0.25, 0.3) is 0 Å². The summed E-state index contributed by atoms with van der Waals surface area (Å²) >= 11 is 1.41. The average molecular weight is 349 g/mol. The Kier molecular flexibility index (Phi) is 4.07. The van der Waals surface area contributed by atoms with Crippen LogP contribution in [0.5, 0.6) is 5.75 Å². The van der Waals surface area contributed by atoms with Gasteiger partial charge in [0.15, 0.2) is 11.9 Å². The fourth-order valence-electron chi connectivity index (χ4n) is 3.38. The molecule has 0 spiro atoms. The minimum atomic E-state index is -1.02. The number of ether oxygens (including phenoxy) is 1. The van der Waals surface area contributed by atoms with Crippen molar-refractivity contribution >= 4 is 29.4 Å². The third kappa shape index (κ3) is 2.56. The zero-order chi connectivity index (χ0) is 17.6. The summed E-state index contributed by atoms with van der Waals surface area (Å²) in [6.07, 6.45) is -0.906. The largest absolute Gasteiger partial charge is 0.482 e. The molecule has 0 radical (unpaired) electrons. The van der Waals surface area contributed by atoms with Gasteiger partial charge in [-0.15, -0.1) is 11.8 Å². The number of amides is 1. The average Bonchev–Trinajstić information content (AvgIpc) is 2.75. The quantitative estimate of drug-likeness (QED) is 0.816. The number of carboxylic acids is 1. The summed E-state index contributed by atoms with van der Waals surface area (Å²) in [4.78, 5) is 37.6. The molecule has 2 aliphatic heterocycles. The number of Topliss-reactive ketones (excluding diaryl/α,β-unsaturated/α-hetero) is 1. The SMILES string of the molecule is CC(=O)C(Oc1ccccc1)[C@@H]1C(=O)N2[C@@H]1SC(C)(C)[C@@H]2C(=O)O. The number of β-lactam (4-membered cyclic amide) rings is 1. The number of ketones is 1. The van der Waals surface area contributed by atoms with Gasteiger partial charge in [-0.3, -0.25) is 9.59 Å². The molecule has 2 saturated heterocycles. The first kappa shape index (κ1) is 16.8. The standard InChI is InChI=1S/C17H19NO5S/c1-9(19)12(23-10-7-5-4-6-8-10)11-14(20)18-13(16(21)22)17(2,3)24-15(11)18/h4-8,11-13,15H,1-3H3,(H,21,22)/t11-,12?,13+,15-/m1/s1. The molecule has 24 heavy (non-hydrogen) atoms. The summed E-state index contributed by atoms with van der Waals surface area (Å²) < 4.78 is 5.15. The molecule has 2 fully saturated rings. The van der Waals surface area contributed by atoms with E-state index in [0.717, 1.165) is 0 Å². The Morgan fingerprint density at radius 1 is 1.29 bits per heavy atom. The maximum absolute atomic E-state index is 12.6. The van der Waals surface area contributed by atoms with Crippen LogP contribution < -0.4 is 4.74 Å². The molecule has 4 atom stereocenters. The van der Waals surface area contributed by atoms with Gasteiger partial charge in [0, 0.05) is 4.75 Å². The third-order valence-electron chi connectivity index (χ3n) is 4.45. The molecule has 3 rings (SSSR count). The van der Waals surface area contributed by atoms with E-state index in [0.29, 0.717) is 5.75 Å². The second kappa shape index (κ2) is 5.81. The number of benzene rings is 1. The first-order valence-electron chi connectivity index (χ1n) is 7.69. The number of carbonyl (C=O) groups excluding carboxylic acids is 2. The molecule has 1 aromatic rings. The minimum absolute atomic E-state index is 0.242. The Labute approximate surface area is 144 Å². The zero-order valence-electron chi connectivity index (χ0n) is 13.6. The number of nitrogens with zero attached hydrogens (tertiary/aromatic N) is 1. The van der Waals surface area contributed by atoms with Crippen LogP contribution in [-0.4, -0.2) is 49.9 Å². The molecule has 7 heteroatoms. The van der Waals surface area contributed by atoms with E-state index in [2.05, 4.69) is 0 Å². The second-order valence-corrected chi connectivity index (χ2v) is 8.36. The molecule has 2 aliphatic rings. The van der Waals surface area contributed by atoms with Crippen molar-refractivity contribution in [2.75, 3.05) is 0 Å². The van der Waals surface area contributed by atoms with Crippen LogP contribution in [0, 0.1) is 5.92 Å². The monoisotopic (exact) mass is 349 g/mol. The van der Waals surface area contributed by atoms with Crippen LogP contribution in [0.3, 0.4) is 0 Å². The minimum Gasteiger partial charge on any atom is -0.482 e. The molecule has 1 amide bonds. The van der Waals surface area contributed by atoms with E-state index in [-0.39, 0.29) is 17.1 Å². The lowest BCUT2D eigenvalue weighted by Gasteiger charge is -2.45. The molecule has 1 aromatic carbocycles. The molecular weight excluding hydrogens is 330 g/mol. The Morgan fingerprint density at radius 2 is 1.92 bits per heavy atom. The number of hydrogen-bond donors (Lipinski definition) is 1. The number of para-hydroxylation sites is 1. The van der Waals surface area contributed by atoms with Gasteiger partial charge in [-0.05, 0) is 32.9 Å². The van der Waals surface area contributed by atoms with Crippen LogP contribution in [-0.2, 0) is 14.4 Å². The van der Waals surface area contributed by atoms with E-state index < -0.39 is 28.8 Å². The first-order valence-corrected chi connectivity index (χ1v) is 8.57. The van der Waals surface area contributed by atoms with Gasteiger partial charge in [0.1, 0.15) is 17.7 Å². The van der Waals surface area contributed by atoms with Crippen LogP contribution >= 0.6 is 11.8 Å². The topological polar surface area (TPSA) is 83.9 Å². The Bertz CT molecular complexity index is 689. The normalized spacial score (nSPS) is 28.7. The summed E-state index contributed by atoms with van der Waals surface area (Å²) in [5, 5.41) is 9.10. The number of hydrogen-bond acceptors (Lipinski definition) is 5. The van der Waals surface area contributed by atoms with Gasteiger partial charge < -0.3 is 14.7 Å². The van der Waals surface area contributed by atoms with E-state index in [9.17, 15) is 19.5 Å². The summed E-state index contributed by atoms with van der Waals surface area (Å²) in [6, 6.07) is 7.97. The summed E-state index contributed by atoms with van der Waals surface area (Å²) in [5.74, 6) is -1.74. The van der Waals surface area contributed by atoms with E-state index in [4.69, 9.17) is 4.74 Å². The number of carbonyl (C=O) groups is 3. The predicted molar refractivity (Wildman–Crippen MR) is 88.8 cm³/mol. The zero-order valence-corrected chi connectivity index (χ0v) is 14.4. The van der Waals surface area contributed by atoms with Crippen molar-refractivity contribution in [3.05, 3.63) is 30.3 Å². The predicted octanol–water partition coefficient (Wildman–Crippen LogP) is 1.79. The van der Waals surface area contributed by atoms with Crippen LogP contribution in [0.2, 0.25) is 0 Å². The van der Waals surface area contributed by atoms with E-state index in [1.807, 2.05) is 6.07 Å². The molecule has 0 aromatic heterocycles. The highest BCUT2D eigenvalue weighted by molar-refractivity contribution is 8.01. The summed E-state index contributed by atoms with van der Waals surface area (Å²) in [5.41, 5.74) is 0. The Balaban J connectivity index is 1.85. The highest BCUT2D eigenvalue weighted by Gasteiger charge is 2.66. The second-order valence-electron chi connectivity index (χ2n) is 6.59. The van der Waals surface area contributed by atoms with Gasteiger partial charge in [0.25, 0.3) is 0 Å². The van der Waals surface area contributed by atoms with E-state index >= 15 is 0 Å². The van der Waals surface area contributed by atoms with Gasteiger partial charge in [-0.1, -0.05) is 18.2 Å². The lowest BCUT2D eigenvalue weighted by molar-refractivity contribution is -0.169. The maximum atomic E-state index is 12.6. The van der Waals surface area contributed by atoms with Crippen molar-refractivity contribution in [3.8, 4) is 5.75 Å². The molecule has 1 N–H and O–H groups in total. The highest BCUT2D eigenvalue weighted by Crippen LogP contribution is 2.54. The number of thioether (sulfide) groups is 1. The summed E-state index contributed by atoms with van der Waals surface area (Å²) in [6.45, 7) is 5.00. The molecule has 2 heterocycles. The van der Waals surface area contributed by atoms with Crippen molar-refractivity contribution in [1.29, 1.82) is 0 Å². The number of aliphatic carboxylic acids is 1. The third-order valence-corrected chi connectivity index (χ3v) is 6.04. The number of carboxylic acid groups (broad SMARTS) is 1. The number of fused-ring (bicyclic) bond motifs is 1. The Morgan fingerprint density at radius 3 is 2.46 bits per heavy atom. The molecule has 0 bridgehead atoms. The fraction of sp³-hybridized carbons (Fsp3) is 0.471. The highest BCUT2D eigenvalue weighted by atomic mass is 32.2. The van der Waals surface area contributed by atoms with E-state index in [1.54, 1.807) is 38.1 Å². The molecule has 6 nitrogen and oxygen atoms in total. The molecule has 0 aliphatic carbocycles. The molecule has 128 valence electrons.